The second-order valence-corrected chi connectivity index (χ2v) is 5.11. The molecule has 2 amide bonds. The van der Waals surface area contributed by atoms with Gasteiger partial charge in [-0.05, 0) is 42.5 Å². The molecule has 0 heterocycles. The summed E-state index contributed by atoms with van der Waals surface area (Å²) in [6.07, 6.45) is 0. The number of carbonyl (C=O) groups is 1. The van der Waals surface area contributed by atoms with Gasteiger partial charge in [0.25, 0.3) is 0 Å². The number of urea groups is 1. The fourth-order valence-corrected chi connectivity index (χ4v) is 2.10. The van der Waals surface area contributed by atoms with Gasteiger partial charge in [-0.1, -0.05) is 17.7 Å². The van der Waals surface area contributed by atoms with Gasteiger partial charge in [0.2, 0.25) is 0 Å². The number of nitrogens with one attached hydrogen (secondary N) is 3. The lowest BCUT2D eigenvalue weighted by Crippen LogP contribution is -2.19. The van der Waals surface area contributed by atoms with Crippen molar-refractivity contribution >= 4 is 46.0 Å². The third-order valence-electron chi connectivity index (χ3n) is 2.43. The highest BCUT2D eigenvalue weighted by atomic mass is 35.5. The molecule has 3 N–H and O–H groups in total. The van der Waals surface area contributed by atoms with Crippen LogP contribution in [0.25, 0.3) is 0 Å². The van der Waals surface area contributed by atoms with Gasteiger partial charge in [-0.25, -0.2) is 4.79 Å². The molecule has 1 unspecified atom stereocenters. The Morgan fingerprint density at radius 1 is 1.00 bits per heavy atom. The van der Waals surface area contributed by atoms with E-state index in [0.717, 1.165) is 0 Å². The molecule has 0 bridgehead atoms. The SMILES string of the molecule is O=C(Nc1ccc(NS(=O)[O-])cc1)Nc1cccc(Cl)c1. The predicted molar refractivity (Wildman–Crippen MR) is 83.1 cm³/mol. The van der Waals surface area contributed by atoms with Gasteiger partial charge in [0.1, 0.15) is 0 Å². The monoisotopic (exact) mass is 324 g/mol. The Bertz CT molecular complexity index is 664. The fourth-order valence-electron chi connectivity index (χ4n) is 1.58. The predicted octanol–water partition coefficient (Wildman–Crippen LogP) is 3.19. The number of carbonyl (C=O) groups excluding carboxylic acids is 1. The standard InChI is InChI=1S/C13H12ClN3O3S/c14-9-2-1-3-12(8-9)16-13(18)15-10-4-6-11(7-5-10)17-21(19)20/h1-8,17H,(H,19,20)(H2,15,16,18)/p-1. The van der Waals surface area contributed by atoms with Crippen molar-refractivity contribution in [1.29, 1.82) is 0 Å². The maximum Gasteiger partial charge on any atom is 0.323 e. The molecule has 0 aromatic heterocycles. The number of benzene rings is 2. The second-order valence-electron chi connectivity index (χ2n) is 4.00. The minimum atomic E-state index is -2.37. The van der Waals surface area contributed by atoms with Crippen LogP contribution in [0.5, 0.6) is 0 Å². The summed E-state index contributed by atoms with van der Waals surface area (Å²) in [4.78, 5) is 11.8. The lowest BCUT2D eigenvalue weighted by Gasteiger charge is -2.10. The van der Waals surface area contributed by atoms with E-state index in [1.54, 1.807) is 36.4 Å². The van der Waals surface area contributed by atoms with Gasteiger partial charge in [-0.15, -0.1) is 0 Å². The summed E-state index contributed by atoms with van der Waals surface area (Å²) in [5.74, 6) is 0. The van der Waals surface area contributed by atoms with Crippen LogP contribution in [0.15, 0.2) is 48.5 Å². The molecule has 0 fully saturated rings. The van der Waals surface area contributed by atoms with Gasteiger partial charge < -0.3 is 19.9 Å². The molecule has 2 aromatic carbocycles. The average molecular weight is 325 g/mol. The van der Waals surface area contributed by atoms with E-state index in [1.807, 2.05) is 0 Å². The van der Waals surface area contributed by atoms with Crippen molar-refractivity contribution < 1.29 is 13.6 Å². The first-order valence-electron chi connectivity index (χ1n) is 5.82. The molecule has 0 aliphatic heterocycles. The van der Waals surface area contributed by atoms with E-state index in [0.29, 0.717) is 22.1 Å². The largest absolute Gasteiger partial charge is 0.755 e. The van der Waals surface area contributed by atoms with Crippen LogP contribution in [0, 0.1) is 0 Å². The van der Waals surface area contributed by atoms with Crippen LogP contribution in [0.3, 0.4) is 0 Å². The Labute approximate surface area is 128 Å². The zero-order valence-corrected chi connectivity index (χ0v) is 12.2. The smallest absolute Gasteiger partial charge is 0.323 e. The number of anilines is 3. The maximum absolute atomic E-state index is 11.8. The van der Waals surface area contributed by atoms with Gasteiger partial charge in [0.15, 0.2) is 0 Å². The molecule has 6 nitrogen and oxygen atoms in total. The molecule has 2 aromatic rings. The van der Waals surface area contributed by atoms with Crippen LogP contribution in [0.4, 0.5) is 21.9 Å². The van der Waals surface area contributed by atoms with Crippen LogP contribution < -0.4 is 15.4 Å². The number of hydrogen-bond acceptors (Lipinski definition) is 3. The Morgan fingerprint density at radius 2 is 1.62 bits per heavy atom. The van der Waals surface area contributed by atoms with Crippen LogP contribution in [-0.4, -0.2) is 14.8 Å². The third-order valence-corrected chi connectivity index (χ3v) is 3.06. The summed E-state index contributed by atoms with van der Waals surface area (Å²) in [6, 6.07) is 12.6. The van der Waals surface area contributed by atoms with Crippen molar-refractivity contribution in [2.45, 2.75) is 0 Å². The first-order chi connectivity index (χ1) is 10.0. The van der Waals surface area contributed by atoms with Crippen molar-refractivity contribution in [2.24, 2.45) is 0 Å². The fraction of sp³-hybridized carbons (Fsp3) is 0. The molecule has 8 heteroatoms. The highest BCUT2D eigenvalue weighted by Gasteiger charge is 2.03. The molecule has 21 heavy (non-hydrogen) atoms. The Morgan fingerprint density at radius 3 is 2.24 bits per heavy atom. The number of halogens is 1. The Hall–Kier alpha value is -2.09. The summed E-state index contributed by atoms with van der Waals surface area (Å²) in [7, 11) is 0. The van der Waals surface area contributed by atoms with E-state index < -0.39 is 17.3 Å². The van der Waals surface area contributed by atoms with Crippen molar-refractivity contribution in [3.63, 3.8) is 0 Å². The summed E-state index contributed by atoms with van der Waals surface area (Å²) in [5.41, 5.74) is 1.50. The third kappa shape index (κ3) is 5.07. The highest BCUT2D eigenvalue weighted by molar-refractivity contribution is 7.80. The Balaban J connectivity index is 1.95. The van der Waals surface area contributed by atoms with Gasteiger partial charge in [0, 0.05) is 33.4 Å². The van der Waals surface area contributed by atoms with Crippen LogP contribution in [-0.2, 0) is 11.3 Å². The second kappa shape index (κ2) is 7.07. The topological polar surface area (TPSA) is 93.3 Å². The molecule has 110 valence electrons. The molecular weight excluding hydrogens is 314 g/mol. The zero-order chi connectivity index (χ0) is 15.2. The normalized spacial score (nSPS) is 11.5. The minimum absolute atomic E-state index is 0.407. The summed E-state index contributed by atoms with van der Waals surface area (Å²) < 4.78 is 23.1. The summed E-state index contributed by atoms with van der Waals surface area (Å²) in [5, 5.41) is 5.77. The first-order valence-corrected chi connectivity index (χ1v) is 7.28. The van der Waals surface area contributed by atoms with Gasteiger partial charge in [-0.2, -0.15) is 0 Å². The van der Waals surface area contributed by atoms with Crippen molar-refractivity contribution in [3.8, 4) is 0 Å². The van der Waals surface area contributed by atoms with Gasteiger partial charge in [-0.3, -0.25) is 4.21 Å². The molecule has 0 radical (unpaired) electrons. The number of rotatable bonds is 4. The van der Waals surface area contributed by atoms with E-state index in [2.05, 4.69) is 15.4 Å². The Kier molecular flexibility index (Phi) is 5.15. The summed E-state index contributed by atoms with van der Waals surface area (Å²) in [6.45, 7) is 0. The maximum atomic E-state index is 11.8. The van der Waals surface area contributed by atoms with Crippen molar-refractivity contribution in [3.05, 3.63) is 53.6 Å². The van der Waals surface area contributed by atoms with E-state index in [-0.39, 0.29) is 0 Å². The lowest BCUT2D eigenvalue weighted by molar-refractivity contribution is 0.262. The molecule has 2 rings (SSSR count). The van der Waals surface area contributed by atoms with Crippen molar-refractivity contribution in [2.75, 3.05) is 15.4 Å². The van der Waals surface area contributed by atoms with Crippen molar-refractivity contribution in [1.82, 2.24) is 0 Å². The van der Waals surface area contributed by atoms with E-state index >= 15 is 0 Å². The molecule has 0 spiro atoms. The number of amides is 2. The molecular formula is C13H11ClN3O3S-. The summed E-state index contributed by atoms with van der Waals surface area (Å²) >= 11 is 3.44. The van der Waals surface area contributed by atoms with E-state index in [1.165, 1.54) is 12.1 Å². The molecule has 0 saturated carbocycles. The van der Waals surface area contributed by atoms with Crippen LogP contribution >= 0.6 is 11.6 Å². The number of hydrogen-bond donors (Lipinski definition) is 3. The quantitative estimate of drug-likeness (QED) is 0.754. The van der Waals surface area contributed by atoms with E-state index in [4.69, 9.17) is 11.6 Å². The zero-order valence-electron chi connectivity index (χ0n) is 10.6. The lowest BCUT2D eigenvalue weighted by atomic mass is 10.3. The molecule has 1 atom stereocenters. The highest BCUT2D eigenvalue weighted by Crippen LogP contribution is 2.16. The van der Waals surface area contributed by atoms with Crippen LogP contribution in [0.2, 0.25) is 5.02 Å². The van der Waals surface area contributed by atoms with Crippen LogP contribution in [0.1, 0.15) is 0 Å². The molecule has 0 aliphatic carbocycles. The first kappa shape index (κ1) is 15.3. The minimum Gasteiger partial charge on any atom is -0.755 e. The molecule has 0 aliphatic rings. The van der Waals surface area contributed by atoms with Gasteiger partial charge in [0.05, 0.1) is 0 Å². The average Bonchev–Trinajstić information content (AvgIpc) is 2.40. The van der Waals surface area contributed by atoms with E-state index in [9.17, 15) is 13.6 Å². The van der Waals surface area contributed by atoms with Gasteiger partial charge >= 0.3 is 6.03 Å². The molecule has 0 saturated heterocycles.